The van der Waals surface area contributed by atoms with Crippen molar-refractivity contribution >= 4 is 15.7 Å². The van der Waals surface area contributed by atoms with E-state index in [4.69, 9.17) is 0 Å². The average molecular weight is 443 g/mol. The van der Waals surface area contributed by atoms with Crippen LogP contribution in [0, 0.1) is 5.82 Å². The van der Waals surface area contributed by atoms with Gasteiger partial charge in [-0.15, -0.1) is 0 Å². The van der Waals surface area contributed by atoms with Crippen molar-refractivity contribution in [1.82, 2.24) is 19.8 Å². The SMILES string of the molecule is O=C(NCc1ccc(-n2ccnc2)c(F)c1)C(c1ccccc1)N1CCS(=O)(=O)CC1. The summed E-state index contributed by atoms with van der Waals surface area (Å²) in [6.07, 6.45) is 4.75. The summed E-state index contributed by atoms with van der Waals surface area (Å²) in [6.45, 7) is 0.753. The summed E-state index contributed by atoms with van der Waals surface area (Å²) in [4.78, 5) is 18.9. The second kappa shape index (κ2) is 8.99. The van der Waals surface area contributed by atoms with Crippen LogP contribution in [0.2, 0.25) is 0 Å². The smallest absolute Gasteiger partial charge is 0.242 e. The lowest BCUT2D eigenvalue weighted by molar-refractivity contribution is -0.126. The molecule has 31 heavy (non-hydrogen) atoms. The van der Waals surface area contributed by atoms with Crippen LogP contribution in [0.1, 0.15) is 17.2 Å². The number of amides is 1. The van der Waals surface area contributed by atoms with E-state index in [0.717, 1.165) is 5.56 Å². The lowest BCUT2D eigenvalue weighted by Gasteiger charge is -2.33. The number of benzene rings is 2. The van der Waals surface area contributed by atoms with E-state index in [-0.39, 0.29) is 24.0 Å². The molecular formula is C22H23FN4O3S. The second-order valence-electron chi connectivity index (χ2n) is 7.47. The predicted molar refractivity (Wildman–Crippen MR) is 115 cm³/mol. The fourth-order valence-electron chi connectivity index (χ4n) is 3.71. The zero-order valence-corrected chi connectivity index (χ0v) is 17.6. The standard InChI is InChI=1S/C22H23FN4O3S/c23-19-14-17(6-7-20(19)27-9-8-24-16-27)15-25-22(28)21(18-4-2-1-3-5-18)26-10-12-31(29,30)13-11-26/h1-9,14,16,21H,10-13,15H2,(H,25,28). The number of carbonyl (C=O) groups excluding carboxylic acids is 1. The first-order valence-electron chi connectivity index (χ1n) is 9.97. The predicted octanol–water partition coefficient (Wildman–Crippen LogP) is 2.10. The van der Waals surface area contributed by atoms with Gasteiger partial charge in [0.2, 0.25) is 5.91 Å². The highest BCUT2D eigenvalue weighted by atomic mass is 32.2. The number of hydrogen-bond acceptors (Lipinski definition) is 5. The second-order valence-corrected chi connectivity index (χ2v) is 9.78. The van der Waals surface area contributed by atoms with Crippen LogP contribution >= 0.6 is 0 Å². The van der Waals surface area contributed by atoms with Gasteiger partial charge in [0.15, 0.2) is 9.84 Å². The van der Waals surface area contributed by atoms with Crippen LogP contribution in [0.5, 0.6) is 0 Å². The average Bonchev–Trinajstić information content (AvgIpc) is 3.29. The Bertz CT molecular complexity index is 1140. The molecule has 0 saturated carbocycles. The van der Waals surface area contributed by atoms with Crippen molar-refractivity contribution in [1.29, 1.82) is 0 Å². The van der Waals surface area contributed by atoms with Gasteiger partial charge in [-0.25, -0.2) is 17.8 Å². The van der Waals surface area contributed by atoms with E-state index in [9.17, 15) is 17.6 Å². The van der Waals surface area contributed by atoms with Gasteiger partial charge in [-0.3, -0.25) is 9.69 Å². The summed E-state index contributed by atoms with van der Waals surface area (Å²) in [5, 5.41) is 2.88. The lowest BCUT2D eigenvalue weighted by Crippen LogP contribution is -2.47. The molecule has 0 aliphatic carbocycles. The van der Waals surface area contributed by atoms with Crippen LogP contribution in [-0.4, -0.2) is 53.4 Å². The van der Waals surface area contributed by atoms with Gasteiger partial charge in [-0.1, -0.05) is 36.4 Å². The fourth-order valence-corrected chi connectivity index (χ4v) is 4.93. The number of nitrogens with zero attached hydrogens (tertiary/aromatic N) is 3. The highest BCUT2D eigenvalue weighted by Crippen LogP contribution is 2.23. The van der Waals surface area contributed by atoms with Crippen molar-refractivity contribution in [3.05, 3.63) is 84.2 Å². The summed E-state index contributed by atoms with van der Waals surface area (Å²) in [5.74, 6) is -0.593. The van der Waals surface area contributed by atoms with Gasteiger partial charge >= 0.3 is 0 Å². The van der Waals surface area contributed by atoms with E-state index < -0.39 is 21.7 Å². The maximum absolute atomic E-state index is 14.5. The maximum atomic E-state index is 14.5. The summed E-state index contributed by atoms with van der Waals surface area (Å²) in [5.41, 5.74) is 1.80. The number of halogens is 1. The van der Waals surface area contributed by atoms with Gasteiger partial charge in [0.25, 0.3) is 0 Å². The van der Waals surface area contributed by atoms with E-state index in [1.807, 2.05) is 35.2 Å². The molecule has 1 amide bonds. The number of hydrogen-bond donors (Lipinski definition) is 1. The van der Waals surface area contributed by atoms with Gasteiger partial charge in [0, 0.05) is 32.0 Å². The Hall–Kier alpha value is -3.04. The minimum Gasteiger partial charge on any atom is -0.350 e. The molecule has 1 unspecified atom stereocenters. The summed E-state index contributed by atoms with van der Waals surface area (Å²) in [6, 6.07) is 13.4. The quantitative estimate of drug-likeness (QED) is 0.632. The van der Waals surface area contributed by atoms with Crippen molar-refractivity contribution in [2.45, 2.75) is 12.6 Å². The van der Waals surface area contributed by atoms with Gasteiger partial charge < -0.3 is 9.88 Å². The number of nitrogens with one attached hydrogen (secondary N) is 1. The third-order valence-electron chi connectivity index (χ3n) is 5.37. The molecule has 162 valence electrons. The molecule has 2 aromatic carbocycles. The topological polar surface area (TPSA) is 84.3 Å². The number of rotatable bonds is 6. The largest absolute Gasteiger partial charge is 0.350 e. The van der Waals surface area contributed by atoms with Crippen LogP contribution < -0.4 is 5.32 Å². The maximum Gasteiger partial charge on any atom is 0.242 e. The van der Waals surface area contributed by atoms with Gasteiger partial charge in [0.05, 0.1) is 23.5 Å². The molecule has 1 fully saturated rings. The Morgan fingerprint density at radius 1 is 1.13 bits per heavy atom. The number of sulfone groups is 1. The highest BCUT2D eigenvalue weighted by molar-refractivity contribution is 7.91. The Labute approximate surface area is 180 Å². The van der Waals surface area contributed by atoms with Crippen molar-refractivity contribution < 1.29 is 17.6 Å². The summed E-state index contributed by atoms with van der Waals surface area (Å²) >= 11 is 0. The molecular weight excluding hydrogens is 419 g/mol. The normalized spacial score (nSPS) is 17.2. The molecule has 2 heterocycles. The summed E-state index contributed by atoms with van der Waals surface area (Å²) < 4.78 is 39.7. The lowest BCUT2D eigenvalue weighted by atomic mass is 10.0. The first kappa shape index (κ1) is 21.2. The van der Waals surface area contributed by atoms with E-state index in [2.05, 4.69) is 10.3 Å². The first-order valence-corrected chi connectivity index (χ1v) is 11.8. The molecule has 1 atom stereocenters. The van der Waals surface area contributed by atoms with Crippen LogP contribution in [0.3, 0.4) is 0 Å². The Balaban J connectivity index is 1.48. The summed E-state index contributed by atoms with van der Waals surface area (Å²) in [7, 11) is -3.06. The van der Waals surface area contributed by atoms with E-state index >= 15 is 0 Å². The number of carbonyl (C=O) groups is 1. The minimum atomic E-state index is -3.06. The first-order chi connectivity index (χ1) is 14.9. The molecule has 1 aromatic heterocycles. The molecule has 0 radical (unpaired) electrons. The van der Waals surface area contributed by atoms with Gasteiger partial charge in [-0.2, -0.15) is 0 Å². The molecule has 9 heteroatoms. The third-order valence-corrected chi connectivity index (χ3v) is 6.98. The molecule has 7 nitrogen and oxygen atoms in total. The molecule has 0 bridgehead atoms. The van der Waals surface area contributed by atoms with Crippen LogP contribution in [0.15, 0.2) is 67.3 Å². The van der Waals surface area contributed by atoms with Crippen molar-refractivity contribution in [3.8, 4) is 5.69 Å². The zero-order chi connectivity index (χ0) is 21.8. The molecule has 0 spiro atoms. The van der Waals surface area contributed by atoms with Crippen molar-refractivity contribution in [2.75, 3.05) is 24.6 Å². The highest BCUT2D eigenvalue weighted by Gasteiger charge is 2.32. The molecule has 1 aliphatic rings. The van der Waals surface area contributed by atoms with Crippen LogP contribution in [0.25, 0.3) is 5.69 Å². The molecule has 1 saturated heterocycles. The van der Waals surface area contributed by atoms with E-state index in [1.54, 1.807) is 29.1 Å². The Kier molecular flexibility index (Phi) is 6.15. The molecule has 3 aromatic rings. The van der Waals surface area contributed by atoms with Crippen molar-refractivity contribution in [2.24, 2.45) is 0 Å². The third kappa shape index (κ3) is 5.00. The van der Waals surface area contributed by atoms with E-state index in [0.29, 0.717) is 24.3 Å². The van der Waals surface area contributed by atoms with Crippen LogP contribution in [0.4, 0.5) is 4.39 Å². The van der Waals surface area contributed by atoms with Crippen molar-refractivity contribution in [3.63, 3.8) is 0 Å². The Morgan fingerprint density at radius 3 is 2.52 bits per heavy atom. The molecule has 1 aliphatic heterocycles. The van der Waals surface area contributed by atoms with Gasteiger partial charge in [0.1, 0.15) is 11.9 Å². The monoisotopic (exact) mass is 442 g/mol. The molecule has 1 N–H and O–H groups in total. The van der Waals surface area contributed by atoms with E-state index in [1.165, 1.54) is 12.4 Å². The fraction of sp³-hybridized carbons (Fsp3) is 0.273. The zero-order valence-electron chi connectivity index (χ0n) is 16.8. The number of imidazole rings is 1. The minimum absolute atomic E-state index is 0.0323. The van der Waals surface area contributed by atoms with Gasteiger partial charge in [-0.05, 0) is 23.3 Å². The van der Waals surface area contributed by atoms with Crippen LogP contribution in [-0.2, 0) is 21.2 Å². The number of aromatic nitrogens is 2. The molecule has 4 rings (SSSR count). The Morgan fingerprint density at radius 2 is 1.87 bits per heavy atom.